The summed E-state index contributed by atoms with van der Waals surface area (Å²) in [6.07, 6.45) is 5.52. The van der Waals surface area contributed by atoms with Crippen LogP contribution in [0.4, 0.5) is 5.69 Å². The maximum absolute atomic E-state index is 13.0. The number of carbonyl (C=O) groups is 1. The number of ketones is 1. The van der Waals surface area contributed by atoms with Crippen LogP contribution in [0.2, 0.25) is 0 Å². The summed E-state index contributed by atoms with van der Waals surface area (Å²) in [6, 6.07) is 12.6. The lowest BCUT2D eigenvalue weighted by Crippen LogP contribution is -2.37. The van der Waals surface area contributed by atoms with Gasteiger partial charge in [-0.2, -0.15) is 8.61 Å². The lowest BCUT2D eigenvalue weighted by molar-refractivity contribution is 0.101. The molecule has 0 aromatic heterocycles. The van der Waals surface area contributed by atoms with Gasteiger partial charge >= 0.3 is 0 Å². The minimum Gasteiger partial charge on any atom is -0.378 e. The molecule has 0 atom stereocenters. The average Bonchev–Trinajstić information content (AvgIpc) is 3.18. The fraction of sp³-hybridized carbons (Fsp3) is 0.500. The van der Waals surface area contributed by atoms with Crippen LogP contribution in [0.15, 0.2) is 58.3 Å². The quantitative estimate of drug-likeness (QED) is 0.515. The molecule has 2 fully saturated rings. The minimum absolute atomic E-state index is 0.0387. The van der Waals surface area contributed by atoms with Crippen molar-refractivity contribution in [2.24, 2.45) is 5.92 Å². The number of piperidine rings is 1. The third kappa shape index (κ3) is 6.16. The Balaban J connectivity index is 1.39. The fourth-order valence-corrected chi connectivity index (χ4v) is 7.70. The van der Waals surface area contributed by atoms with Crippen LogP contribution in [-0.4, -0.2) is 64.0 Å². The van der Waals surface area contributed by atoms with E-state index in [1.807, 2.05) is 0 Å². The van der Waals surface area contributed by atoms with Gasteiger partial charge in [-0.1, -0.05) is 31.9 Å². The fourth-order valence-electron chi connectivity index (χ4n) is 4.66. The van der Waals surface area contributed by atoms with Gasteiger partial charge in [0.25, 0.3) is 0 Å². The molecule has 36 heavy (non-hydrogen) atoms. The number of hydrogen-bond donors (Lipinski definition) is 1. The van der Waals surface area contributed by atoms with Crippen LogP contribution in [0.3, 0.4) is 0 Å². The number of benzene rings is 2. The van der Waals surface area contributed by atoms with Gasteiger partial charge in [-0.3, -0.25) is 4.79 Å². The van der Waals surface area contributed by atoms with Crippen LogP contribution >= 0.6 is 0 Å². The molecule has 0 radical (unpaired) electrons. The number of rotatable bonds is 8. The number of nitrogens with one attached hydrogen (secondary N) is 1. The molecule has 0 aliphatic carbocycles. The van der Waals surface area contributed by atoms with Crippen molar-refractivity contribution < 1.29 is 21.6 Å². The average molecular weight is 534 g/mol. The molecule has 1 N–H and O–H groups in total. The molecule has 2 aliphatic heterocycles. The van der Waals surface area contributed by atoms with Crippen LogP contribution in [0.1, 0.15) is 55.8 Å². The summed E-state index contributed by atoms with van der Waals surface area (Å²) in [5.41, 5.74) is 0.929. The monoisotopic (exact) mass is 533 g/mol. The molecule has 2 aromatic carbocycles. The lowest BCUT2D eigenvalue weighted by Gasteiger charge is -2.29. The zero-order valence-electron chi connectivity index (χ0n) is 20.7. The first kappa shape index (κ1) is 26.8. The van der Waals surface area contributed by atoms with Gasteiger partial charge in [0, 0.05) is 37.4 Å². The second-order valence-corrected chi connectivity index (χ2v) is 13.6. The van der Waals surface area contributed by atoms with Gasteiger partial charge in [0.05, 0.1) is 16.3 Å². The van der Waals surface area contributed by atoms with Gasteiger partial charge in [-0.05, 0) is 68.0 Å². The summed E-state index contributed by atoms with van der Waals surface area (Å²) in [5, 5.41) is 3.02. The van der Waals surface area contributed by atoms with Gasteiger partial charge in [0.2, 0.25) is 20.0 Å². The van der Waals surface area contributed by atoms with E-state index >= 15 is 0 Å². The summed E-state index contributed by atoms with van der Waals surface area (Å²) in [7, 11) is -7.17. The zero-order valence-corrected chi connectivity index (χ0v) is 22.4. The normalized spacial score (nSPS) is 19.0. The minimum atomic E-state index is -3.64. The Labute approximate surface area is 214 Å². The third-order valence-corrected chi connectivity index (χ3v) is 10.9. The summed E-state index contributed by atoms with van der Waals surface area (Å²) in [5.74, 6) is 0.263. The van der Waals surface area contributed by atoms with E-state index in [0.29, 0.717) is 43.3 Å². The van der Waals surface area contributed by atoms with Crippen molar-refractivity contribution in [1.29, 1.82) is 0 Å². The van der Waals surface area contributed by atoms with E-state index < -0.39 is 20.0 Å². The van der Waals surface area contributed by atoms with Gasteiger partial charge < -0.3 is 5.32 Å². The second kappa shape index (κ2) is 11.4. The maximum Gasteiger partial charge on any atom is 0.243 e. The Morgan fingerprint density at radius 2 is 1.39 bits per heavy atom. The smallest absolute Gasteiger partial charge is 0.243 e. The zero-order chi connectivity index (χ0) is 25.8. The SMILES string of the molecule is CC1CCN(S(=O)(=O)c2cccc(C(=O)CNc3ccc(S(=O)(=O)N4CCCCCC4)cc3)c2)CC1. The van der Waals surface area contributed by atoms with Crippen LogP contribution in [0.5, 0.6) is 0 Å². The van der Waals surface area contributed by atoms with Gasteiger partial charge in [0.1, 0.15) is 0 Å². The number of nitrogens with zero attached hydrogens (tertiary/aromatic N) is 2. The predicted octanol–water partition coefficient (Wildman–Crippen LogP) is 3.97. The molecule has 8 nitrogen and oxygen atoms in total. The van der Waals surface area contributed by atoms with Crippen molar-refractivity contribution in [3.8, 4) is 0 Å². The summed E-state index contributed by atoms with van der Waals surface area (Å²) in [6.45, 7) is 4.16. The molecule has 2 heterocycles. The van der Waals surface area contributed by atoms with E-state index in [-0.39, 0.29) is 22.1 Å². The molecular weight excluding hydrogens is 498 g/mol. The standard InChI is InChI=1S/C26H35N3O5S2/c1-21-13-17-29(18-14-21)36(33,34)25-8-6-7-22(19-25)26(30)20-27-23-9-11-24(12-10-23)35(31,32)28-15-4-2-3-5-16-28/h6-12,19,21,27H,2-5,13-18,20H2,1H3. The highest BCUT2D eigenvalue weighted by Gasteiger charge is 2.28. The van der Waals surface area contributed by atoms with Crippen LogP contribution in [0.25, 0.3) is 0 Å². The molecule has 10 heteroatoms. The summed E-state index contributed by atoms with van der Waals surface area (Å²) >= 11 is 0. The second-order valence-electron chi connectivity index (χ2n) is 9.73. The maximum atomic E-state index is 13.0. The van der Waals surface area contributed by atoms with E-state index in [1.165, 1.54) is 16.4 Å². The van der Waals surface area contributed by atoms with Gasteiger partial charge in [-0.25, -0.2) is 16.8 Å². The Morgan fingerprint density at radius 3 is 2.03 bits per heavy atom. The highest BCUT2D eigenvalue weighted by Crippen LogP contribution is 2.25. The first-order valence-corrected chi connectivity index (χ1v) is 15.5. The summed E-state index contributed by atoms with van der Waals surface area (Å²) in [4.78, 5) is 13.2. The number of anilines is 1. The topological polar surface area (TPSA) is 104 Å². The van der Waals surface area contributed by atoms with Crippen molar-refractivity contribution in [2.75, 3.05) is 38.0 Å². The third-order valence-electron chi connectivity index (χ3n) is 7.05. The molecule has 4 rings (SSSR count). The molecule has 196 valence electrons. The van der Waals surface area contributed by atoms with Crippen LogP contribution in [-0.2, 0) is 20.0 Å². The van der Waals surface area contributed by atoms with Crippen molar-refractivity contribution in [1.82, 2.24) is 8.61 Å². The molecule has 0 bridgehead atoms. The van der Waals surface area contributed by atoms with Crippen molar-refractivity contribution in [3.63, 3.8) is 0 Å². The van der Waals surface area contributed by atoms with E-state index in [2.05, 4.69) is 12.2 Å². The number of sulfonamides is 2. The highest BCUT2D eigenvalue weighted by molar-refractivity contribution is 7.89. The highest BCUT2D eigenvalue weighted by atomic mass is 32.2. The van der Waals surface area contributed by atoms with E-state index in [0.717, 1.165) is 38.5 Å². The van der Waals surface area contributed by atoms with Crippen LogP contribution < -0.4 is 5.32 Å². The largest absolute Gasteiger partial charge is 0.378 e. The molecule has 0 amide bonds. The van der Waals surface area contributed by atoms with E-state index in [1.54, 1.807) is 40.7 Å². The Bertz CT molecular complexity index is 1260. The van der Waals surface area contributed by atoms with Gasteiger partial charge in [0.15, 0.2) is 5.78 Å². The molecule has 2 aliphatic rings. The molecule has 2 saturated heterocycles. The predicted molar refractivity (Wildman–Crippen MR) is 140 cm³/mol. The number of Topliss-reactive ketones (excluding diaryl/α,β-unsaturated/α-hetero) is 1. The Hall–Kier alpha value is -2.27. The van der Waals surface area contributed by atoms with E-state index in [4.69, 9.17) is 0 Å². The Kier molecular flexibility index (Phi) is 8.49. The molecule has 0 unspecified atom stereocenters. The number of carbonyl (C=O) groups excluding carboxylic acids is 1. The first-order chi connectivity index (χ1) is 17.2. The van der Waals surface area contributed by atoms with Crippen molar-refractivity contribution >= 4 is 31.5 Å². The van der Waals surface area contributed by atoms with Crippen molar-refractivity contribution in [3.05, 3.63) is 54.1 Å². The van der Waals surface area contributed by atoms with Gasteiger partial charge in [-0.15, -0.1) is 0 Å². The number of hydrogen-bond acceptors (Lipinski definition) is 6. The van der Waals surface area contributed by atoms with Crippen molar-refractivity contribution in [2.45, 2.75) is 55.2 Å². The van der Waals surface area contributed by atoms with E-state index in [9.17, 15) is 21.6 Å². The first-order valence-electron chi connectivity index (χ1n) is 12.7. The summed E-state index contributed by atoms with van der Waals surface area (Å²) < 4.78 is 55.0. The Morgan fingerprint density at radius 1 is 0.806 bits per heavy atom. The molecule has 2 aromatic rings. The van der Waals surface area contributed by atoms with Crippen LogP contribution in [0, 0.1) is 5.92 Å². The molecule has 0 saturated carbocycles. The lowest BCUT2D eigenvalue weighted by atomic mass is 10.0. The molecule has 0 spiro atoms. The molecular formula is C26H35N3O5S2.